The Morgan fingerprint density at radius 1 is 0.833 bits per heavy atom. The predicted octanol–water partition coefficient (Wildman–Crippen LogP) is 1.34. The lowest BCUT2D eigenvalue weighted by Crippen LogP contribution is -2.51. The molecular formula is C18H30N6O4S2+2. The Morgan fingerprint density at radius 3 is 1.43 bits per heavy atom. The molecule has 4 N–H and O–H groups in total. The molecule has 0 saturated carbocycles. The van der Waals surface area contributed by atoms with Crippen LogP contribution < -0.4 is 0 Å². The van der Waals surface area contributed by atoms with Gasteiger partial charge in [0.1, 0.15) is 10.1 Å². The minimum Gasteiger partial charge on any atom is -0.477 e. The van der Waals surface area contributed by atoms with Gasteiger partial charge in [-0.2, -0.15) is 0 Å². The van der Waals surface area contributed by atoms with Crippen LogP contribution in [0.4, 0.5) is 0 Å². The summed E-state index contributed by atoms with van der Waals surface area (Å²) in [5.74, 6) is -1.73. The molecule has 0 aromatic carbocycles. The number of nitrogens with zero attached hydrogens (tertiary/aromatic N) is 4. The average molecular weight is 459 g/mol. The molecule has 2 aromatic heterocycles. The number of likely N-dealkylation sites (N-methyl/N-ethyl adjacent to an activating group) is 2. The summed E-state index contributed by atoms with van der Waals surface area (Å²) in [4.78, 5) is 38.1. The zero-order chi connectivity index (χ0) is 22.7. The maximum absolute atomic E-state index is 11.7. The smallest absolute Gasteiger partial charge is 0.362 e. The Kier molecular flexibility index (Phi) is 7.61. The number of carboxylic acid groups (broad SMARTS) is 2. The van der Waals surface area contributed by atoms with E-state index in [1.54, 1.807) is 12.7 Å². The van der Waals surface area contributed by atoms with Crippen LogP contribution in [0.25, 0.3) is 0 Å². The monoisotopic (exact) mass is 458 g/mol. The summed E-state index contributed by atoms with van der Waals surface area (Å²) in [7, 11) is 13.8. The number of aromatic nitrogens is 4. The molecule has 12 heteroatoms. The summed E-state index contributed by atoms with van der Waals surface area (Å²) in [5.41, 5.74) is 1.50. The Labute approximate surface area is 183 Å². The third kappa shape index (κ3) is 6.24. The van der Waals surface area contributed by atoms with Gasteiger partial charge >= 0.3 is 11.9 Å². The summed E-state index contributed by atoms with van der Waals surface area (Å²) in [6.45, 7) is 0. The van der Waals surface area contributed by atoms with Gasteiger partial charge in [0.05, 0.1) is 79.2 Å². The maximum Gasteiger partial charge on any atom is 0.362 e. The fourth-order valence-corrected chi connectivity index (χ4v) is 5.07. The number of H-pyrrole nitrogens is 2. The Bertz CT molecular complexity index is 812. The van der Waals surface area contributed by atoms with Crippen LogP contribution in [0.5, 0.6) is 0 Å². The first kappa shape index (κ1) is 24.3. The Balaban J connectivity index is 2.12. The van der Waals surface area contributed by atoms with Crippen molar-refractivity contribution in [2.75, 3.05) is 42.3 Å². The lowest BCUT2D eigenvalue weighted by atomic mass is 10.1. The second-order valence-electron chi connectivity index (χ2n) is 8.89. The second kappa shape index (κ2) is 9.41. The zero-order valence-electron chi connectivity index (χ0n) is 18.0. The van der Waals surface area contributed by atoms with Crippen molar-refractivity contribution in [1.29, 1.82) is 0 Å². The number of hydrogen-bond acceptors (Lipinski definition) is 6. The van der Waals surface area contributed by atoms with Crippen molar-refractivity contribution in [3.05, 3.63) is 24.0 Å². The van der Waals surface area contributed by atoms with Gasteiger partial charge < -0.3 is 29.1 Å². The van der Waals surface area contributed by atoms with Crippen molar-refractivity contribution in [2.24, 2.45) is 0 Å². The molecule has 0 saturated heterocycles. The largest absolute Gasteiger partial charge is 0.477 e. The van der Waals surface area contributed by atoms with Crippen molar-refractivity contribution in [3.8, 4) is 0 Å². The number of aliphatic carboxylic acids is 2. The highest BCUT2D eigenvalue weighted by atomic mass is 33.1. The van der Waals surface area contributed by atoms with E-state index in [0.717, 1.165) is 11.4 Å². The van der Waals surface area contributed by atoms with Crippen molar-refractivity contribution < 1.29 is 28.8 Å². The van der Waals surface area contributed by atoms with Gasteiger partial charge in [-0.25, -0.2) is 19.6 Å². The van der Waals surface area contributed by atoms with Crippen LogP contribution in [0, 0.1) is 0 Å². The predicted molar refractivity (Wildman–Crippen MR) is 115 cm³/mol. The highest BCUT2D eigenvalue weighted by Crippen LogP contribution is 2.38. The highest BCUT2D eigenvalue weighted by Gasteiger charge is 2.34. The van der Waals surface area contributed by atoms with Gasteiger partial charge in [-0.05, 0) is 21.6 Å². The molecule has 10 nitrogen and oxygen atoms in total. The quantitative estimate of drug-likeness (QED) is 0.293. The van der Waals surface area contributed by atoms with Gasteiger partial charge in [-0.15, -0.1) is 0 Å². The molecule has 166 valence electrons. The van der Waals surface area contributed by atoms with Gasteiger partial charge in [-0.1, -0.05) is 0 Å². The van der Waals surface area contributed by atoms with E-state index in [1.807, 2.05) is 42.3 Å². The molecule has 0 spiro atoms. The van der Waals surface area contributed by atoms with E-state index in [9.17, 15) is 19.8 Å². The molecule has 0 aliphatic carbocycles. The van der Waals surface area contributed by atoms with Gasteiger partial charge in [0.25, 0.3) is 0 Å². The van der Waals surface area contributed by atoms with E-state index in [2.05, 4.69) is 19.9 Å². The normalized spacial score (nSPS) is 14.5. The van der Waals surface area contributed by atoms with Crippen LogP contribution in [0.2, 0.25) is 0 Å². The van der Waals surface area contributed by atoms with Gasteiger partial charge in [0.15, 0.2) is 12.1 Å². The highest BCUT2D eigenvalue weighted by molar-refractivity contribution is 8.76. The standard InChI is InChI=1S/C18H28N6O4S2/c1-23(2,3)13(17(25)26)7-11-15(21-9-19-11)29-30-16-12(20-10-22-16)8-14(18(27)28)24(4,5)6/h9-10,13-14H,7-8H2,1-6H3,(H2-2,19,20,21,22,25,26,27,28)/p+2. The van der Waals surface area contributed by atoms with E-state index in [0.29, 0.717) is 22.9 Å². The van der Waals surface area contributed by atoms with E-state index in [1.165, 1.54) is 21.6 Å². The Hall–Kier alpha value is -2.02. The number of nitrogens with one attached hydrogen (secondary N) is 2. The first-order chi connectivity index (χ1) is 13.8. The number of rotatable bonds is 11. The fraction of sp³-hybridized carbons (Fsp3) is 0.556. The van der Waals surface area contributed by atoms with Crippen LogP contribution in [0.3, 0.4) is 0 Å². The lowest BCUT2D eigenvalue weighted by Gasteiger charge is -2.31. The number of imidazole rings is 2. The number of carboxylic acids is 2. The van der Waals surface area contributed by atoms with Crippen LogP contribution in [-0.2, 0) is 22.4 Å². The third-order valence-electron chi connectivity index (χ3n) is 4.79. The molecule has 0 bridgehead atoms. The number of aromatic amines is 2. The summed E-state index contributed by atoms with van der Waals surface area (Å²) in [6.07, 6.45) is 3.74. The first-order valence-corrected chi connectivity index (χ1v) is 11.4. The summed E-state index contributed by atoms with van der Waals surface area (Å²) in [5, 5.41) is 20.5. The summed E-state index contributed by atoms with van der Waals surface area (Å²) in [6, 6.07) is -1.23. The van der Waals surface area contributed by atoms with Crippen molar-refractivity contribution in [3.63, 3.8) is 0 Å². The number of carbonyl (C=O) groups is 2. The first-order valence-electron chi connectivity index (χ1n) is 9.27. The molecule has 0 fully saturated rings. The Morgan fingerprint density at radius 2 is 1.17 bits per heavy atom. The van der Waals surface area contributed by atoms with E-state index in [-0.39, 0.29) is 8.97 Å². The molecule has 2 atom stereocenters. The second-order valence-corrected chi connectivity index (χ2v) is 11.0. The average Bonchev–Trinajstić information content (AvgIpc) is 3.21. The topological polar surface area (TPSA) is 132 Å². The van der Waals surface area contributed by atoms with E-state index < -0.39 is 24.0 Å². The van der Waals surface area contributed by atoms with Crippen LogP contribution >= 0.6 is 21.6 Å². The molecule has 0 aliphatic heterocycles. The SMILES string of the molecule is C[N+](C)(C)C(Cc1[nH]cnc1SSc1nc[nH]c1CC(C(=O)O)[N+](C)(C)C)C(=O)O. The molecule has 0 radical (unpaired) electrons. The summed E-state index contributed by atoms with van der Waals surface area (Å²) >= 11 is 0. The molecule has 2 rings (SSSR count). The fourth-order valence-electron chi connectivity index (χ4n) is 2.90. The molecule has 2 aromatic rings. The van der Waals surface area contributed by atoms with Crippen LogP contribution in [0.1, 0.15) is 11.4 Å². The molecule has 0 aliphatic rings. The van der Waals surface area contributed by atoms with Crippen molar-refractivity contribution in [2.45, 2.75) is 35.0 Å². The van der Waals surface area contributed by atoms with Crippen LogP contribution in [-0.4, -0.2) is 105 Å². The van der Waals surface area contributed by atoms with Gasteiger partial charge in [0, 0.05) is 0 Å². The molecule has 2 heterocycles. The molecular weight excluding hydrogens is 428 g/mol. The molecule has 0 amide bonds. The number of hydrogen-bond donors (Lipinski definition) is 4. The number of quaternary nitrogens is 2. The van der Waals surface area contributed by atoms with E-state index >= 15 is 0 Å². The van der Waals surface area contributed by atoms with Crippen molar-refractivity contribution >= 4 is 33.5 Å². The minimum atomic E-state index is -0.865. The van der Waals surface area contributed by atoms with E-state index in [4.69, 9.17) is 0 Å². The zero-order valence-corrected chi connectivity index (χ0v) is 19.7. The lowest BCUT2D eigenvalue weighted by molar-refractivity contribution is -0.887. The molecule has 30 heavy (non-hydrogen) atoms. The van der Waals surface area contributed by atoms with Gasteiger partial charge in [0.2, 0.25) is 0 Å². The summed E-state index contributed by atoms with van der Waals surface area (Å²) < 4.78 is 0.577. The maximum atomic E-state index is 11.7. The molecule has 2 unspecified atom stereocenters. The van der Waals surface area contributed by atoms with Crippen LogP contribution in [0.15, 0.2) is 22.7 Å². The minimum absolute atomic E-state index is 0.288. The van der Waals surface area contributed by atoms with Crippen molar-refractivity contribution in [1.82, 2.24) is 19.9 Å². The van der Waals surface area contributed by atoms with Gasteiger partial charge in [-0.3, -0.25) is 0 Å². The third-order valence-corrected chi connectivity index (χ3v) is 7.09.